The molecule has 17 heavy (non-hydrogen) atoms. The van der Waals surface area contributed by atoms with Gasteiger partial charge in [0.25, 0.3) is 0 Å². The van der Waals surface area contributed by atoms with E-state index in [1.54, 1.807) is 19.3 Å². The zero-order chi connectivity index (χ0) is 12.6. The average molecular weight is 232 g/mol. The van der Waals surface area contributed by atoms with Crippen molar-refractivity contribution in [3.05, 3.63) is 30.1 Å². The largest absolute Gasteiger partial charge is 0.321 e. The van der Waals surface area contributed by atoms with Crippen LogP contribution < -0.4 is 5.73 Å². The molecule has 0 aliphatic rings. The van der Waals surface area contributed by atoms with Crippen LogP contribution in [0.25, 0.3) is 5.52 Å². The second-order valence-electron chi connectivity index (χ2n) is 4.46. The van der Waals surface area contributed by atoms with E-state index in [-0.39, 0.29) is 11.7 Å². The number of rotatable bonds is 3. The van der Waals surface area contributed by atoms with E-state index in [0.29, 0.717) is 5.69 Å². The molecule has 90 valence electrons. The predicted octanol–water partition coefficient (Wildman–Crippen LogP) is 1.38. The third-order valence-corrected chi connectivity index (χ3v) is 2.64. The number of Topliss-reactive ketones (excluding diaryl/α,β-unsaturated/α-hetero) is 1. The van der Waals surface area contributed by atoms with Gasteiger partial charge in [0, 0.05) is 18.3 Å². The van der Waals surface area contributed by atoms with Crippen LogP contribution in [0.5, 0.6) is 0 Å². The van der Waals surface area contributed by atoms with Gasteiger partial charge in [-0.15, -0.1) is 0 Å². The van der Waals surface area contributed by atoms with Crippen LogP contribution in [0.1, 0.15) is 43.0 Å². The van der Waals surface area contributed by atoms with Crippen molar-refractivity contribution in [1.29, 1.82) is 0 Å². The topological polar surface area (TPSA) is 73.3 Å². The Morgan fingerprint density at radius 2 is 2.12 bits per heavy atom. The first-order chi connectivity index (χ1) is 8.02. The average Bonchev–Trinajstić information content (AvgIpc) is 2.67. The Hall–Kier alpha value is -1.75. The molecule has 0 aliphatic carbocycles. The first-order valence-electron chi connectivity index (χ1n) is 5.64. The molecule has 2 heterocycles. The molecule has 0 saturated heterocycles. The van der Waals surface area contributed by atoms with Gasteiger partial charge in [0.05, 0.1) is 17.8 Å². The number of hydrogen-bond donors (Lipinski definition) is 1. The van der Waals surface area contributed by atoms with E-state index < -0.39 is 6.04 Å². The van der Waals surface area contributed by atoms with Gasteiger partial charge in [-0.25, -0.2) is 4.98 Å². The van der Waals surface area contributed by atoms with Crippen molar-refractivity contribution in [2.45, 2.75) is 32.7 Å². The summed E-state index contributed by atoms with van der Waals surface area (Å²) in [6.45, 7) is 5.74. The molecule has 0 aliphatic heterocycles. The number of fused-ring (bicyclic) bond motifs is 1. The third-order valence-electron chi connectivity index (χ3n) is 2.64. The van der Waals surface area contributed by atoms with Crippen LogP contribution in [0.2, 0.25) is 0 Å². The number of aromatic nitrogens is 3. The Balaban J connectivity index is 2.69. The molecule has 0 saturated carbocycles. The molecule has 2 aromatic rings. The summed E-state index contributed by atoms with van der Waals surface area (Å²) in [6, 6.07) is -0.547. The molecule has 1 unspecified atom stereocenters. The number of nitrogens with two attached hydrogens (primary N) is 1. The summed E-state index contributed by atoms with van der Waals surface area (Å²) in [6.07, 6.45) is 5.14. The summed E-state index contributed by atoms with van der Waals surface area (Å²) in [5, 5.41) is 0. The van der Waals surface area contributed by atoms with E-state index >= 15 is 0 Å². The molecular formula is C12H16N4O. The Morgan fingerprint density at radius 3 is 2.71 bits per heavy atom. The molecule has 5 heteroatoms. The van der Waals surface area contributed by atoms with E-state index in [4.69, 9.17) is 5.73 Å². The molecule has 0 spiro atoms. The molecule has 0 bridgehead atoms. The molecule has 2 rings (SSSR count). The lowest BCUT2D eigenvalue weighted by Crippen LogP contribution is -2.27. The highest BCUT2D eigenvalue weighted by molar-refractivity contribution is 6.03. The number of nitrogens with zero attached hydrogens (tertiary/aromatic N) is 3. The standard InChI is InChI=1S/C12H16N4O/c1-7(2)12-15-10(11(17)8(3)13)9-6-14-4-5-16(9)12/h4-8H,13H2,1-3H3. The molecule has 1 atom stereocenters. The van der Waals surface area contributed by atoms with E-state index in [0.717, 1.165) is 11.3 Å². The number of ketones is 1. The predicted molar refractivity (Wildman–Crippen MR) is 65.1 cm³/mol. The smallest absolute Gasteiger partial charge is 0.199 e. The summed E-state index contributed by atoms with van der Waals surface area (Å²) in [4.78, 5) is 20.4. The van der Waals surface area contributed by atoms with Crippen molar-refractivity contribution in [3.63, 3.8) is 0 Å². The summed E-state index contributed by atoms with van der Waals surface area (Å²) >= 11 is 0. The zero-order valence-corrected chi connectivity index (χ0v) is 10.2. The lowest BCUT2D eigenvalue weighted by atomic mass is 10.1. The van der Waals surface area contributed by atoms with Gasteiger partial charge in [0.15, 0.2) is 5.78 Å². The van der Waals surface area contributed by atoms with Crippen molar-refractivity contribution in [1.82, 2.24) is 14.4 Å². The summed E-state index contributed by atoms with van der Waals surface area (Å²) in [7, 11) is 0. The van der Waals surface area contributed by atoms with Gasteiger partial charge >= 0.3 is 0 Å². The second-order valence-corrected chi connectivity index (χ2v) is 4.46. The Kier molecular flexibility index (Phi) is 2.93. The van der Waals surface area contributed by atoms with Crippen molar-refractivity contribution >= 4 is 11.3 Å². The lowest BCUT2D eigenvalue weighted by Gasteiger charge is -2.02. The highest BCUT2D eigenvalue weighted by Crippen LogP contribution is 2.19. The fourth-order valence-electron chi connectivity index (χ4n) is 1.77. The van der Waals surface area contributed by atoms with Crippen LogP contribution in [0, 0.1) is 0 Å². The van der Waals surface area contributed by atoms with Crippen molar-refractivity contribution < 1.29 is 4.79 Å². The van der Waals surface area contributed by atoms with E-state index in [1.165, 1.54) is 0 Å². The quantitative estimate of drug-likeness (QED) is 0.811. The molecule has 2 N–H and O–H groups in total. The lowest BCUT2D eigenvalue weighted by molar-refractivity contribution is 0.0965. The van der Waals surface area contributed by atoms with Gasteiger partial charge in [-0.1, -0.05) is 13.8 Å². The van der Waals surface area contributed by atoms with Gasteiger partial charge in [0.2, 0.25) is 0 Å². The van der Waals surface area contributed by atoms with Crippen LogP contribution in [0.3, 0.4) is 0 Å². The number of hydrogen-bond acceptors (Lipinski definition) is 4. The Morgan fingerprint density at radius 1 is 1.41 bits per heavy atom. The molecule has 2 aromatic heterocycles. The Labute approximate surface area is 99.7 Å². The fourth-order valence-corrected chi connectivity index (χ4v) is 1.77. The second kappa shape index (κ2) is 4.25. The fraction of sp³-hybridized carbons (Fsp3) is 0.417. The van der Waals surface area contributed by atoms with Crippen LogP contribution in [0.15, 0.2) is 18.6 Å². The molecule has 0 fully saturated rings. The summed E-state index contributed by atoms with van der Waals surface area (Å²) in [5.74, 6) is 0.938. The highest BCUT2D eigenvalue weighted by Gasteiger charge is 2.21. The van der Waals surface area contributed by atoms with Gasteiger partial charge < -0.3 is 5.73 Å². The SMILES string of the molecule is CC(N)C(=O)c1nc(C(C)C)n2ccncc12. The van der Waals surface area contributed by atoms with E-state index in [2.05, 4.69) is 9.97 Å². The van der Waals surface area contributed by atoms with Gasteiger partial charge in [-0.2, -0.15) is 0 Å². The van der Waals surface area contributed by atoms with Crippen LogP contribution in [-0.2, 0) is 0 Å². The number of carbonyl (C=O) groups excluding carboxylic acids is 1. The Bertz CT molecular complexity index is 557. The van der Waals surface area contributed by atoms with E-state index in [1.807, 2.05) is 24.4 Å². The first-order valence-corrected chi connectivity index (χ1v) is 5.64. The maximum Gasteiger partial charge on any atom is 0.199 e. The summed E-state index contributed by atoms with van der Waals surface area (Å²) in [5.41, 5.74) is 6.76. The number of imidazole rings is 1. The molecule has 0 radical (unpaired) electrons. The van der Waals surface area contributed by atoms with Crippen LogP contribution in [-0.4, -0.2) is 26.2 Å². The first kappa shape index (κ1) is 11.7. The van der Waals surface area contributed by atoms with Crippen LogP contribution in [0.4, 0.5) is 0 Å². The molecule has 0 amide bonds. The maximum absolute atomic E-state index is 12.0. The van der Waals surface area contributed by atoms with Crippen molar-refractivity contribution in [2.75, 3.05) is 0 Å². The van der Waals surface area contributed by atoms with Crippen molar-refractivity contribution in [3.8, 4) is 0 Å². The van der Waals surface area contributed by atoms with Gasteiger partial charge in [-0.3, -0.25) is 14.2 Å². The molecular weight excluding hydrogens is 216 g/mol. The monoisotopic (exact) mass is 232 g/mol. The van der Waals surface area contributed by atoms with Gasteiger partial charge in [0.1, 0.15) is 11.5 Å². The van der Waals surface area contributed by atoms with E-state index in [9.17, 15) is 4.79 Å². The molecule has 0 aromatic carbocycles. The highest BCUT2D eigenvalue weighted by atomic mass is 16.1. The third kappa shape index (κ3) is 1.93. The normalized spacial score (nSPS) is 13.2. The van der Waals surface area contributed by atoms with Gasteiger partial charge in [-0.05, 0) is 6.92 Å². The maximum atomic E-state index is 12.0. The zero-order valence-electron chi connectivity index (χ0n) is 10.2. The van der Waals surface area contributed by atoms with Crippen molar-refractivity contribution in [2.24, 2.45) is 5.73 Å². The minimum atomic E-state index is -0.547. The minimum Gasteiger partial charge on any atom is -0.321 e. The van der Waals surface area contributed by atoms with Crippen LogP contribution >= 0.6 is 0 Å². The number of carbonyl (C=O) groups is 1. The molecule has 5 nitrogen and oxygen atoms in total. The minimum absolute atomic E-state index is 0.151. The summed E-state index contributed by atoms with van der Waals surface area (Å²) < 4.78 is 1.90.